The number of aliphatic carboxylic acids is 1. The second-order valence-corrected chi connectivity index (χ2v) is 2.83. The second-order valence-electron chi connectivity index (χ2n) is 2.83. The number of nitrogens with two attached hydrogens (primary N) is 2. The van der Waals surface area contributed by atoms with Crippen molar-refractivity contribution in [2.45, 2.75) is 24.8 Å². The molecule has 11 heavy (non-hydrogen) atoms. The van der Waals surface area contributed by atoms with E-state index < -0.39 is 11.5 Å². The number of carboxylic acids is 1. The van der Waals surface area contributed by atoms with Gasteiger partial charge in [0.2, 0.25) is 0 Å². The van der Waals surface area contributed by atoms with Crippen LogP contribution in [-0.4, -0.2) is 22.6 Å². The summed E-state index contributed by atoms with van der Waals surface area (Å²) in [4.78, 5) is 14.1. The van der Waals surface area contributed by atoms with E-state index in [1.165, 1.54) is 0 Å². The molecule has 0 aromatic rings. The standard InChI is InChI=1S/C6H11N3O2/c7-5(8)9-6(1-2-6)3-4(10)11/h1-3H2,(H,10,11)(H4,7,8,9). The van der Waals surface area contributed by atoms with Crippen molar-refractivity contribution in [2.75, 3.05) is 0 Å². The number of nitrogens with zero attached hydrogens (tertiary/aromatic N) is 1. The minimum absolute atomic E-state index is 0.0243. The molecule has 0 spiro atoms. The third-order valence-electron chi connectivity index (χ3n) is 1.67. The molecule has 5 nitrogen and oxygen atoms in total. The third kappa shape index (κ3) is 2.10. The number of rotatable bonds is 3. The Labute approximate surface area is 64.1 Å². The van der Waals surface area contributed by atoms with Crippen molar-refractivity contribution in [3.05, 3.63) is 0 Å². The van der Waals surface area contributed by atoms with Crippen LogP contribution in [0.15, 0.2) is 4.99 Å². The van der Waals surface area contributed by atoms with Crippen LogP contribution >= 0.6 is 0 Å². The van der Waals surface area contributed by atoms with Crippen molar-refractivity contribution in [2.24, 2.45) is 16.5 Å². The molecule has 62 valence electrons. The summed E-state index contributed by atoms with van der Waals surface area (Å²) in [6.45, 7) is 0. The van der Waals surface area contributed by atoms with Gasteiger partial charge in [-0.3, -0.25) is 4.79 Å². The van der Waals surface area contributed by atoms with Crippen LogP contribution in [-0.2, 0) is 4.79 Å². The maximum atomic E-state index is 10.3. The van der Waals surface area contributed by atoms with Gasteiger partial charge in [-0.2, -0.15) is 0 Å². The molecule has 1 aliphatic carbocycles. The first-order valence-electron chi connectivity index (χ1n) is 3.37. The minimum atomic E-state index is -0.854. The largest absolute Gasteiger partial charge is 0.481 e. The van der Waals surface area contributed by atoms with Gasteiger partial charge in [-0.25, -0.2) is 4.99 Å². The summed E-state index contributed by atoms with van der Waals surface area (Å²) in [6, 6.07) is 0. The lowest BCUT2D eigenvalue weighted by Crippen LogP contribution is -2.27. The zero-order chi connectivity index (χ0) is 8.48. The Bertz CT molecular complexity index is 204. The quantitative estimate of drug-likeness (QED) is 0.371. The number of hydrogen-bond acceptors (Lipinski definition) is 2. The SMILES string of the molecule is NC(N)=NC1(CC(=O)O)CC1. The Balaban J connectivity index is 2.54. The molecule has 0 amide bonds. The van der Waals surface area contributed by atoms with Crippen LogP contribution in [0.3, 0.4) is 0 Å². The molecule has 0 bridgehead atoms. The topological polar surface area (TPSA) is 102 Å². The normalized spacial score (nSPS) is 18.9. The molecule has 0 aromatic carbocycles. The van der Waals surface area contributed by atoms with Crippen LogP contribution in [0.5, 0.6) is 0 Å². The molecule has 0 saturated heterocycles. The second kappa shape index (κ2) is 2.41. The van der Waals surface area contributed by atoms with Crippen LogP contribution in [0.25, 0.3) is 0 Å². The van der Waals surface area contributed by atoms with E-state index in [1.807, 2.05) is 0 Å². The smallest absolute Gasteiger partial charge is 0.305 e. The number of hydrogen-bond donors (Lipinski definition) is 3. The van der Waals surface area contributed by atoms with Crippen molar-refractivity contribution in [1.29, 1.82) is 0 Å². The molecule has 5 heteroatoms. The Morgan fingerprint density at radius 1 is 1.55 bits per heavy atom. The number of guanidine groups is 1. The molecule has 0 unspecified atom stereocenters. The van der Waals surface area contributed by atoms with Gasteiger partial charge in [0, 0.05) is 0 Å². The van der Waals surface area contributed by atoms with Gasteiger partial charge in [0.15, 0.2) is 5.96 Å². The third-order valence-corrected chi connectivity index (χ3v) is 1.67. The van der Waals surface area contributed by atoms with E-state index in [1.54, 1.807) is 0 Å². The van der Waals surface area contributed by atoms with Crippen molar-refractivity contribution >= 4 is 11.9 Å². The molecule has 0 radical (unpaired) electrons. The summed E-state index contributed by atoms with van der Waals surface area (Å²) < 4.78 is 0. The molecule has 0 aliphatic heterocycles. The average molecular weight is 157 g/mol. The Morgan fingerprint density at radius 2 is 2.09 bits per heavy atom. The van der Waals surface area contributed by atoms with Gasteiger partial charge in [0.05, 0.1) is 12.0 Å². The Hall–Kier alpha value is -1.26. The van der Waals surface area contributed by atoms with Gasteiger partial charge >= 0.3 is 5.97 Å². The van der Waals surface area contributed by atoms with E-state index in [0.29, 0.717) is 0 Å². The van der Waals surface area contributed by atoms with Crippen molar-refractivity contribution < 1.29 is 9.90 Å². The zero-order valence-corrected chi connectivity index (χ0v) is 6.08. The van der Waals surface area contributed by atoms with Crippen LogP contribution in [0.1, 0.15) is 19.3 Å². The molecular weight excluding hydrogens is 146 g/mol. The first-order chi connectivity index (χ1) is 5.04. The zero-order valence-electron chi connectivity index (χ0n) is 6.08. The highest BCUT2D eigenvalue weighted by atomic mass is 16.4. The van der Waals surface area contributed by atoms with Crippen LogP contribution < -0.4 is 11.5 Å². The first kappa shape index (κ1) is 7.84. The van der Waals surface area contributed by atoms with E-state index in [0.717, 1.165) is 12.8 Å². The summed E-state index contributed by atoms with van der Waals surface area (Å²) >= 11 is 0. The summed E-state index contributed by atoms with van der Waals surface area (Å²) in [6.07, 6.45) is 1.58. The van der Waals surface area contributed by atoms with Crippen LogP contribution in [0.4, 0.5) is 0 Å². The number of aliphatic imine (C=N–C) groups is 1. The lowest BCUT2D eigenvalue weighted by atomic mass is 10.2. The van der Waals surface area contributed by atoms with Crippen molar-refractivity contribution in [3.63, 3.8) is 0 Å². The Morgan fingerprint density at radius 3 is 2.36 bits per heavy atom. The van der Waals surface area contributed by atoms with Crippen LogP contribution in [0, 0.1) is 0 Å². The van der Waals surface area contributed by atoms with Gasteiger partial charge in [-0.05, 0) is 12.8 Å². The number of carboxylic acid groups (broad SMARTS) is 1. The monoisotopic (exact) mass is 157 g/mol. The predicted octanol–water partition coefficient (Wildman–Crippen LogP) is -0.733. The highest BCUT2D eigenvalue weighted by molar-refractivity contribution is 5.77. The molecule has 1 fully saturated rings. The maximum absolute atomic E-state index is 10.3. The molecule has 0 aromatic heterocycles. The van der Waals surface area contributed by atoms with E-state index >= 15 is 0 Å². The molecule has 0 heterocycles. The highest BCUT2D eigenvalue weighted by Crippen LogP contribution is 2.42. The molecule has 1 saturated carbocycles. The lowest BCUT2D eigenvalue weighted by Gasteiger charge is -2.05. The van der Waals surface area contributed by atoms with Gasteiger partial charge < -0.3 is 16.6 Å². The van der Waals surface area contributed by atoms with E-state index in [4.69, 9.17) is 16.6 Å². The first-order valence-corrected chi connectivity index (χ1v) is 3.37. The fraction of sp³-hybridized carbons (Fsp3) is 0.667. The van der Waals surface area contributed by atoms with E-state index in [2.05, 4.69) is 4.99 Å². The van der Waals surface area contributed by atoms with Crippen molar-refractivity contribution in [1.82, 2.24) is 0 Å². The van der Waals surface area contributed by atoms with Gasteiger partial charge in [0.25, 0.3) is 0 Å². The minimum Gasteiger partial charge on any atom is -0.481 e. The molecule has 1 aliphatic rings. The number of carbonyl (C=O) groups is 1. The average Bonchev–Trinajstić information content (AvgIpc) is 2.43. The lowest BCUT2D eigenvalue weighted by molar-refractivity contribution is -0.137. The van der Waals surface area contributed by atoms with E-state index in [-0.39, 0.29) is 12.4 Å². The molecule has 5 N–H and O–H groups in total. The Kier molecular flexibility index (Phi) is 1.72. The molecule has 0 atom stereocenters. The van der Waals surface area contributed by atoms with Gasteiger partial charge in [0.1, 0.15) is 0 Å². The van der Waals surface area contributed by atoms with Crippen LogP contribution in [0.2, 0.25) is 0 Å². The molecular formula is C6H11N3O2. The fourth-order valence-electron chi connectivity index (χ4n) is 1.03. The fourth-order valence-corrected chi connectivity index (χ4v) is 1.03. The summed E-state index contributed by atoms with van der Waals surface area (Å²) in [5.74, 6) is -0.878. The molecule has 1 rings (SSSR count). The summed E-state index contributed by atoms with van der Waals surface area (Å²) in [5.41, 5.74) is 9.79. The van der Waals surface area contributed by atoms with Gasteiger partial charge in [-0.1, -0.05) is 0 Å². The maximum Gasteiger partial charge on any atom is 0.305 e. The van der Waals surface area contributed by atoms with Gasteiger partial charge in [-0.15, -0.1) is 0 Å². The van der Waals surface area contributed by atoms with E-state index in [9.17, 15) is 4.79 Å². The summed E-state index contributed by atoms with van der Waals surface area (Å²) in [7, 11) is 0. The van der Waals surface area contributed by atoms with Crippen molar-refractivity contribution in [3.8, 4) is 0 Å². The highest BCUT2D eigenvalue weighted by Gasteiger charge is 2.44. The summed E-state index contributed by atoms with van der Waals surface area (Å²) in [5, 5.41) is 8.45. The predicted molar refractivity (Wildman–Crippen MR) is 40.0 cm³/mol.